The predicted octanol–water partition coefficient (Wildman–Crippen LogP) is 3.74. The minimum atomic E-state index is -0.986. The summed E-state index contributed by atoms with van der Waals surface area (Å²) in [4.78, 5) is 37.5. The molecule has 0 bridgehead atoms. The second kappa shape index (κ2) is 9.29. The van der Waals surface area contributed by atoms with Crippen LogP contribution in [0.2, 0.25) is 0 Å². The Morgan fingerprint density at radius 1 is 1.20 bits per heavy atom. The number of carbonyl (C=O) groups is 3. The van der Waals surface area contributed by atoms with E-state index in [0.29, 0.717) is 16.9 Å². The molecule has 1 aliphatic rings. The van der Waals surface area contributed by atoms with E-state index >= 15 is 0 Å². The quantitative estimate of drug-likeness (QED) is 0.517. The molecule has 2 aromatic carbocycles. The zero-order valence-corrected chi connectivity index (χ0v) is 17.1. The van der Waals surface area contributed by atoms with Gasteiger partial charge in [0, 0.05) is 5.56 Å². The van der Waals surface area contributed by atoms with Gasteiger partial charge in [0.1, 0.15) is 18.4 Å². The Labute approximate surface area is 177 Å². The van der Waals surface area contributed by atoms with Crippen LogP contribution < -0.4 is 4.74 Å². The number of methoxy groups -OCH3 is 1. The van der Waals surface area contributed by atoms with Gasteiger partial charge in [-0.2, -0.15) is 5.26 Å². The van der Waals surface area contributed by atoms with Crippen molar-refractivity contribution in [2.45, 2.75) is 19.6 Å². The number of ether oxygens (including phenoxy) is 2. The van der Waals surface area contributed by atoms with E-state index in [-0.39, 0.29) is 11.5 Å². The molecular weight excluding hydrogens is 404 g/mol. The van der Waals surface area contributed by atoms with E-state index < -0.39 is 23.2 Å². The lowest BCUT2D eigenvalue weighted by molar-refractivity contribution is -0.148. The number of nitriles is 1. The first-order chi connectivity index (χ1) is 14.4. The summed E-state index contributed by atoms with van der Waals surface area (Å²) in [6.45, 7) is 1.70. The summed E-state index contributed by atoms with van der Waals surface area (Å²) < 4.78 is 10.3. The zero-order valence-electron chi connectivity index (χ0n) is 16.3. The fourth-order valence-corrected chi connectivity index (χ4v) is 3.73. The minimum Gasteiger partial charge on any atom is -0.489 e. The van der Waals surface area contributed by atoms with E-state index in [1.54, 1.807) is 42.5 Å². The molecule has 1 atom stereocenters. The van der Waals surface area contributed by atoms with Crippen LogP contribution in [0.4, 0.5) is 4.79 Å². The van der Waals surface area contributed by atoms with Crippen molar-refractivity contribution < 1.29 is 23.9 Å². The van der Waals surface area contributed by atoms with Gasteiger partial charge in [-0.1, -0.05) is 30.3 Å². The van der Waals surface area contributed by atoms with Crippen LogP contribution in [0.15, 0.2) is 53.4 Å². The minimum absolute atomic E-state index is 0.229. The lowest BCUT2D eigenvalue weighted by Crippen LogP contribution is -2.42. The average Bonchev–Trinajstić information content (AvgIpc) is 3.05. The van der Waals surface area contributed by atoms with E-state index in [0.717, 1.165) is 22.2 Å². The second-order valence-electron chi connectivity index (χ2n) is 6.38. The first-order valence-corrected chi connectivity index (χ1v) is 9.82. The number of rotatable bonds is 6. The molecule has 0 radical (unpaired) electrons. The maximum Gasteiger partial charge on any atom is 0.328 e. The number of carbonyl (C=O) groups excluding carboxylic acids is 3. The van der Waals surface area contributed by atoms with Gasteiger partial charge in [-0.25, -0.2) is 4.79 Å². The van der Waals surface area contributed by atoms with Crippen molar-refractivity contribution in [3.05, 3.63) is 70.1 Å². The molecule has 0 N–H and O–H groups in total. The van der Waals surface area contributed by atoms with Gasteiger partial charge >= 0.3 is 5.97 Å². The highest BCUT2D eigenvalue weighted by Gasteiger charge is 2.41. The summed E-state index contributed by atoms with van der Waals surface area (Å²) in [5, 5.41) is 8.62. The van der Waals surface area contributed by atoms with Gasteiger partial charge < -0.3 is 9.47 Å². The fraction of sp³-hybridized carbons (Fsp3) is 0.182. The molecule has 0 saturated carbocycles. The van der Waals surface area contributed by atoms with Crippen molar-refractivity contribution >= 4 is 35.0 Å². The zero-order chi connectivity index (χ0) is 21.7. The number of hydrogen-bond acceptors (Lipinski definition) is 7. The smallest absolute Gasteiger partial charge is 0.328 e. The maximum absolute atomic E-state index is 12.5. The summed E-state index contributed by atoms with van der Waals surface area (Å²) in [6, 6.07) is 15.3. The van der Waals surface area contributed by atoms with Gasteiger partial charge in [0.25, 0.3) is 11.1 Å². The monoisotopic (exact) mass is 422 g/mol. The molecule has 0 unspecified atom stereocenters. The lowest BCUT2D eigenvalue weighted by Gasteiger charge is -2.18. The molecule has 2 amide bonds. The Morgan fingerprint density at radius 3 is 2.57 bits per heavy atom. The molecule has 7 nitrogen and oxygen atoms in total. The van der Waals surface area contributed by atoms with Crippen LogP contribution in [0.25, 0.3) is 6.08 Å². The highest BCUT2D eigenvalue weighted by atomic mass is 32.2. The van der Waals surface area contributed by atoms with Gasteiger partial charge in [0.05, 0.1) is 23.6 Å². The second-order valence-corrected chi connectivity index (χ2v) is 7.37. The van der Waals surface area contributed by atoms with Crippen LogP contribution in [0.1, 0.15) is 23.6 Å². The van der Waals surface area contributed by atoms with Crippen LogP contribution in [-0.2, 0) is 20.9 Å². The Balaban J connectivity index is 1.69. The standard InChI is InChI=1S/C22H18N2O5S/c1-14(21(26)28-2)24-20(25)19(30-22(24)27)11-15-7-9-18(10-8-15)29-13-17-6-4-3-5-16(17)12-23/h3-11,14H,13H2,1-2H3/b19-11+/t14-/m1/s1. The van der Waals surface area contributed by atoms with Gasteiger partial charge in [0.2, 0.25) is 0 Å². The number of esters is 1. The Kier molecular flexibility index (Phi) is 6.54. The number of imide groups is 1. The molecule has 30 heavy (non-hydrogen) atoms. The van der Waals surface area contributed by atoms with Crippen molar-refractivity contribution in [3.63, 3.8) is 0 Å². The molecule has 1 heterocycles. The van der Waals surface area contributed by atoms with E-state index in [4.69, 9.17) is 10.00 Å². The van der Waals surface area contributed by atoms with Crippen LogP contribution in [0, 0.1) is 11.3 Å². The molecule has 0 aromatic heterocycles. The average molecular weight is 422 g/mol. The maximum atomic E-state index is 12.5. The summed E-state index contributed by atoms with van der Waals surface area (Å²) in [5.41, 5.74) is 2.06. The van der Waals surface area contributed by atoms with Crippen molar-refractivity contribution in [3.8, 4) is 11.8 Å². The lowest BCUT2D eigenvalue weighted by atomic mass is 10.1. The van der Waals surface area contributed by atoms with E-state index in [2.05, 4.69) is 10.8 Å². The molecule has 0 aliphatic carbocycles. The summed E-state index contributed by atoms with van der Waals surface area (Å²) >= 11 is 0.778. The molecule has 2 aromatic rings. The third-order valence-corrected chi connectivity index (χ3v) is 5.35. The van der Waals surface area contributed by atoms with Crippen LogP contribution in [0.3, 0.4) is 0 Å². The Morgan fingerprint density at radius 2 is 1.90 bits per heavy atom. The van der Waals surface area contributed by atoms with Crippen molar-refractivity contribution in [1.82, 2.24) is 4.90 Å². The SMILES string of the molecule is COC(=O)[C@@H](C)N1C(=O)S/C(=C/c2ccc(OCc3ccccc3C#N)cc2)C1=O. The van der Waals surface area contributed by atoms with Gasteiger partial charge in [-0.3, -0.25) is 14.5 Å². The number of benzene rings is 2. The summed E-state index contributed by atoms with van der Waals surface area (Å²) in [6.07, 6.45) is 1.59. The normalized spacial score (nSPS) is 15.8. The number of hydrogen-bond donors (Lipinski definition) is 0. The summed E-state index contributed by atoms with van der Waals surface area (Å²) in [5.74, 6) is -0.582. The van der Waals surface area contributed by atoms with E-state index in [1.165, 1.54) is 14.0 Å². The van der Waals surface area contributed by atoms with Crippen LogP contribution >= 0.6 is 11.8 Å². The van der Waals surface area contributed by atoms with E-state index in [1.807, 2.05) is 12.1 Å². The van der Waals surface area contributed by atoms with Crippen molar-refractivity contribution in [2.24, 2.45) is 0 Å². The molecule has 8 heteroatoms. The molecule has 3 rings (SSSR count). The predicted molar refractivity (Wildman–Crippen MR) is 111 cm³/mol. The summed E-state index contributed by atoms with van der Waals surface area (Å²) in [7, 11) is 1.20. The third kappa shape index (κ3) is 4.53. The van der Waals surface area contributed by atoms with Gasteiger partial charge in [0.15, 0.2) is 0 Å². The molecule has 1 fully saturated rings. The van der Waals surface area contributed by atoms with Crippen molar-refractivity contribution in [1.29, 1.82) is 5.26 Å². The van der Waals surface area contributed by atoms with Gasteiger partial charge in [-0.15, -0.1) is 0 Å². The highest BCUT2D eigenvalue weighted by molar-refractivity contribution is 8.18. The number of amides is 2. The van der Waals surface area contributed by atoms with E-state index in [9.17, 15) is 14.4 Å². The highest BCUT2D eigenvalue weighted by Crippen LogP contribution is 2.34. The first-order valence-electron chi connectivity index (χ1n) is 9.00. The Hall–Kier alpha value is -3.57. The molecular formula is C22H18N2O5S. The molecule has 1 aliphatic heterocycles. The number of nitrogens with zero attached hydrogens (tertiary/aromatic N) is 2. The largest absolute Gasteiger partial charge is 0.489 e. The first kappa shape index (κ1) is 21.1. The molecule has 152 valence electrons. The van der Waals surface area contributed by atoms with Crippen LogP contribution in [0.5, 0.6) is 5.75 Å². The number of thioether (sulfide) groups is 1. The topological polar surface area (TPSA) is 96.7 Å². The van der Waals surface area contributed by atoms with Gasteiger partial charge in [-0.05, 0) is 48.5 Å². The fourth-order valence-electron chi connectivity index (χ4n) is 2.82. The van der Waals surface area contributed by atoms with Crippen molar-refractivity contribution in [2.75, 3.05) is 7.11 Å². The third-order valence-electron chi connectivity index (χ3n) is 4.46. The molecule has 0 spiro atoms. The molecule has 1 saturated heterocycles. The van der Waals surface area contributed by atoms with Crippen LogP contribution in [-0.4, -0.2) is 35.2 Å². The Bertz CT molecular complexity index is 1060.